The molecule has 15 heavy (non-hydrogen) atoms. The van der Waals surface area contributed by atoms with Gasteiger partial charge in [-0.1, -0.05) is 0 Å². The number of phenols is 2. The molecule has 2 aromatic rings. The molecule has 0 bridgehead atoms. The van der Waals surface area contributed by atoms with Crippen molar-refractivity contribution in [2.75, 3.05) is 0 Å². The molecule has 0 saturated carbocycles. The molecule has 2 N–H and O–H groups in total. The predicted molar refractivity (Wildman–Crippen MR) is 52.8 cm³/mol. The van der Waals surface area contributed by atoms with Gasteiger partial charge in [-0.05, 0) is 12.1 Å². The Hall–Kier alpha value is -2.37. The Morgan fingerprint density at radius 2 is 1.93 bits per heavy atom. The van der Waals surface area contributed by atoms with Crippen molar-refractivity contribution < 1.29 is 10.2 Å². The smallest absolute Gasteiger partial charge is 0.141 e. The van der Waals surface area contributed by atoms with Crippen LogP contribution in [0.5, 0.6) is 11.5 Å². The van der Waals surface area contributed by atoms with Crippen LogP contribution in [0.2, 0.25) is 0 Å². The fourth-order valence-electron chi connectivity index (χ4n) is 1.02. The number of phenolic OH excluding ortho intramolecular Hbond substituents is 2. The van der Waals surface area contributed by atoms with Crippen LogP contribution in [-0.4, -0.2) is 31.3 Å². The summed E-state index contributed by atoms with van der Waals surface area (Å²) in [5, 5.41) is 29.6. The SMILES string of the molecule is Oc1ccc(C=Nn2cnnc2)c(O)c1. The molecule has 0 saturated heterocycles. The number of hydrogen-bond acceptors (Lipinski definition) is 5. The van der Waals surface area contributed by atoms with Gasteiger partial charge in [0.25, 0.3) is 0 Å². The van der Waals surface area contributed by atoms with Crippen LogP contribution in [0.4, 0.5) is 0 Å². The first-order chi connectivity index (χ1) is 7.25. The number of nitrogens with zero attached hydrogens (tertiary/aromatic N) is 4. The summed E-state index contributed by atoms with van der Waals surface area (Å²) in [4.78, 5) is 0. The lowest BCUT2D eigenvalue weighted by molar-refractivity contribution is 0.450. The molecule has 76 valence electrons. The standard InChI is InChI=1S/C9H8N4O2/c14-8-2-1-7(9(15)3-8)4-12-13-5-10-11-6-13/h1-6,14-15H. The van der Waals surface area contributed by atoms with Gasteiger partial charge in [-0.2, -0.15) is 5.10 Å². The summed E-state index contributed by atoms with van der Waals surface area (Å²) in [6, 6.07) is 4.26. The summed E-state index contributed by atoms with van der Waals surface area (Å²) < 4.78 is 1.40. The average molecular weight is 204 g/mol. The highest BCUT2D eigenvalue weighted by Gasteiger charge is 1.98. The first-order valence-corrected chi connectivity index (χ1v) is 4.16. The summed E-state index contributed by atoms with van der Waals surface area (Å²) in [6.45, 7) is 0. The average Bonchev–Trinajstić information content (AvgIpc) is 2.69. The normalized spacial score (nSPS) is 10.9. The van der Waals surface area contributed by atoms with Gasteiger partial charge >= 0.3 is 0 Å². The molecule has 6 nitrogen and oxygen atoms in total. The van der Waals surface area contributed by atoms with Crippen molar-refractivity contribution in [2.24, 2.45) is 5.10 Å². The lowest BCUT2D eigenvalue weighted by atomic mass is 10.2. The zero-order valence-electron chi connectivity index (χ0n) is 7.65. The minimum atomic E-state index is -0.0353. The molecule has 0 aliphatic rings. The summed E-state index contributed by atoms with van der Waals surface area (Å²) in [7, 11) is 0. The van der Waals surface area contributed by atoms with Gasteiger partial charge in [-0.15, -0.1) is 10.2 Å². The van der Waals surface area contributed by atoms with Crippen LogP contribution in [0, 0.1) is 0 Å². The number of benzene rings is 1. The predicted octanol–water partition coefficient (Wildman–Crippen LogP) is 0.571. The van der Waals surface area contributed by atoms with Crippen molar-refractivity contribution in [3.05, 3.63) is 36.4 Å². The van der Waals surface area contributed by atoms with Gasteiger partial charge in [-0.3, -0.25) is 0 Å². The fourth-order valence-corrected chi connectivity index (χ4v) is 1.02. The molecule has 1 aromatic carbocycles. The van der Waals surface area contributed by atoms with Crippen LogP contribution in [0.1, 0.15) is 5.56 Å². The van der Waals surface area contributed by atoms with Crippen LogP contribution in [0.25, 0.3) is 0 Å². The van der Waals surface area contributed by atoms with Crippen molar-refractivity contribution >= 4 is 6.21 Å². The first-order valence-electron chi connectivity index (χ1n) is 4.16. The second-order valence-electron chi connectivity index (χ2n) is 2.83. The molecule has 0 radical (unpaired) electrons. The molecule has 0 atom stereocenters. The minimum Gasteiger partial charge on any atom is -0.508 e. The van der Waals surface area contributed by atoms with E-state index in [-0.39, 0.29) is 11.5 Å². The zero-order valence-corrected chi connectivity index (χ0v) is 7.65. The number of hydrogen-bond donors (Lipinski definition) is 2. The summed E-state index contributed by atoms with van der Waals surface area (Å²) in [5.41, 5.74) is 0.501. The van der Waals surface area contributed by atoms with Gasteiger partial charge in [0.15, 0.2) is 0 Å². The van der Waals surface area contributed by atoms with E-state index in [0.717, 1.165) is 0 Å². The summed E-state index contributed by atoms with van der Waals surface area (Å²) in [6.07, 6.45) is 4.29. The van der Waals surface area contributed by atoms with Gasteiger partial charge < -0.3 is 10.2 Å². The maximum absolute atomic E-state index is 9.43. The fraction of sp³-hybridized carbons (Fsp3) is 0. The zero-order chi connectivity index (χ0) is 10.7. The minimum absolute atomic E-state index is 0.00828. The molecular weight excluding hydrogens is 196 g/mol. The highest BCUT2D eigenvalue weighted by molar-refractivity contribution is 5.83. The van der Waals surface area contributed by atoms with Crippen LogP contribution in [0.15, 0.2) is 36.0 Å². The van der Waals surface area contributed by atoms with E-state index in [1.165, 1.54) is 35.7 Å². The molecule has 1 heterocycles. The highest BCUT2D eigenvalue weighted by atomic mass is 16.3. The summed E-state index contributed by atoms with van der Waals surface area (Å²) >= 11 is 0. The van der Waals surface area contributed by atoms with Crippen LogP contribution < -0.4 is 0 Å². The monoisotopic (exact) mass is 204 g/mol. The topological polar surface area (TPSA) is 83.5 Å². The van der Waals surface area contributed by atoms with Crippen LogP contribution >= 0.6 is 0 Å². The van der Waals surface area contributed by atoms with E-state index < -0.39 is 0 Å². The van der Waals surface area contributed by atoms with Gasteiger partial charge in [0, 0.05) is 11.6 Å². The Balaban J connectivity index is 2.24. The van der Waals surface area contributed by atoms with E-state index in [2.05, 4.69) is 15.3 Å². The number of rotatable bonds is 2. The van der Waals surface area contributed by atoms with E-state index in [1.807, 2.05) is 0 Å². The van der Waals surface area contributed by atoms with Crippen molar-refractivity contribution in [2.45, 2.75) is 0 Å². The first kappa shape index (κ1) is 9.20. The Morgan fingerprint density at radius 1 is 1.20 bits per heavy atom. The molecule has 2 rings (SSSR count). The second kappa shape index (κ2) is 3.79. The second-order valence-corrected chi connectivity index (χ2v) is 2.83. The molecule has 6 heteroatoms. The quantitative estimate of drug-likeness (QED) is 0.700. The van der Waals surface area contributed by atoms with Gasteiger partial charge in [0.1, 0.15) is 24.2 Å². The largest absolute Gasteiger partial charge is 0.508 e. The third-order valence-electron chi connectivity index (χ3n) is 1.75. The third kappa shape index (κ3) is 2.11. The molecule has 0 aliphatic carbocycles. The number of aromatic nitrogens is 3. The molecule has 0 aliphatic heterocycles. The molecule has 0 fully saturated rings. The Kier molecular flexibility index (Phi) is 2.32. The molecule has 0 spiro atoms. The molecule has 1 aromatic heterocycles. The molecule has 0 unspecified atom stereocenters. The van der Waals surface area contributed by atoms with E-state index in [4.69, 9.17) is 5.11 Å². The molecular formula is C9H8N4O2. The Bertz CT molecular complexity index is 479. The van der Waals surface area contributed by atoms with Crippen molar-refractivity contribution in [3.8, 4) is 11.5 Å². The van der Waals surface area contributed by atoms with Gasteiger partial charge in [0.2, 0.25) is 0 Å². The maximum atomic E-state index is 9.43. The van der Waals surface area contributed by atoms with Crippen LogP contribution in [0.3, 0.4) is 0 Å². The van der Waals surface area contributed by atoms with Crippen molar-refractivity contribution in [3.63, 3.8) is 0 Å². The maximum Gasteiger partial charge on any atom is 0.141 e. The number of aromatic hydroxyl groups is 2. The van der Waals surface area contributed by atoms with E-state index in [9.17, 15) is 5.11 Å². The van der Waals surface area contributed by atoms with Crippen LogP contribution in [-0.2, 0) is 0 Å². The van der Waals surface area contributed by atoms with Crippen molar-refractivity contribution in [1.29, 1.82) is 0 Å². The van der Waals surface area contributed by atoms with E-state index >= 15 is 0 Å². The van der Waals surface area contributed by atoms with Crippen molar-refractivity contribution in [1.82, 2.24) is 14.9 Å². The Morgan fingerprint density at radius 3 is 2.60 bits per heavy atom. The third-order valence-corrected chi connectivity index (χ3v) is 1.75. The highest BCUT2D eigenvalue weighted by Crippen LogP contribution is 2.20. The lowest BCUT2D eigenvalue weighted by Crippen LogP contribution is -1.87. The van der Waals surface area contributed by atoms with Gasteiger partial charge in [-0.25, -0.2) is 4.68 Å². The lowest BCUT2D eigenvalue weighted by Gasteiger charge is -1.98. The molecule has 0 amide bonds. The van der Waals surface area contributed by atoms with E-state index in [1.54, 1.807) is 6.07 Å². The van der Waals surface area contributed by atoms with Gasteiger partial charge in [0.05, 0.1) is 6.21 Å². The Labute approximate surface area is 85.1 Å². The van der Waals surface area contributed by atoms with E-state index in [0.29, 0.717) is 5.56 Å². The summed E-state index contributed by atoms with van der Waals surface area (Å²) in [5.74, 6) is -0.0271.